The van der Waals surface area contributed by atoms with Crippen molar-refractivity contribution < 1.29 is 39.5 Å². The molecule has 0 aliphatic heterocycles. The molecule has 4 rings (SSSR count). The Morgan fingerprint density at radius 3 is 2.54 bits per heavy atom. The van der Waals surface area contributed by atoms with Crippen molar-refractivity contribution in [2.24, 2.45) is 17.6 Å². The van der Waals surface area contributed by atoms with Gasteiger partial charge >= 0.3 is 0 Å². The lowest BCUT2D eigenvalue weighted by molar-refractivity contribution is -0.146. The Bertz CT molecular complexity index is 1190. The Hall–Kier alpha value is -3.41. The minimum Gasteiger partial charge on any atom is -0.510 e. The first-order valence-corrected chi connectivity index (χ1v) is 11.2. The van der Waals surface area contributed by atoms with Crippen LogP contribution in [-0.4, -0.2) is 83.9 Å². The molecule has 0 spiro atoms. The number of aliphatic hydroxyl groups excluding tert-OH is 3. The van der Waals surface area contributed by atoms with E-state index < -0.39 is 58.0 Å². The van der Waals surface area contributed by atoms with E-state index in [1.807, 2.05) is 25.1 Å². The smallest absolute Gasteiger partial charge is 0.255 e. The van der Waals surface area contributed by atoms with Gasteiger partial charge in [-0.1, -0.05) is 0 Å². The minimum absolute atomic E-state index is 0.0239. The summed E-state index contributed by atoms with van der Waals surface area (Å²) >= 11 is 0. The van der Waals surface area contributed by atoms with Gasteiger partial charge < -0.3 is 41.1 Å². The molecule has 4 atom stereocenters. The summed E-state index contributed by atoms with van der Waals surface area (Å²) < 4.78 is 5.40. The maximum atomic E-state index is 13.7. The third-order valence-corrected chi connectivity index (χ3v) is 7.22. The van der Waals surface area contributed by atoms with Gasteiger partial charge in [-0.15, -0.1) is 0 Å². The highest BCUT2D eigenvalue weighted by Crippen LogP contribution is 2.52. The predicted octanol–water partition coefficient (Wildman–Crippen LogP) is -0.490. The van der Waals surface area contributed by atoms with Gasteiger partial charge in [-0.25, -0.2) is 0 Å². The van der Waals surface area contributed by atoms with Gasteiger partial charge in [0.1, 0.15) is 22.8 Å². The number of hydrogen-bond donors (Lipinski definition) is 6. The molecule has 35 heavy (non-hydrogen) atoms. The largest absolute Gasteiger partial charge is 0.510 e. The molecule has 0 heterocycles. The molecule has 3 aliphatic carbocycles. The first-order chi connectivity index (χ1) is 16.5. The molecule has 0 radical (unpaired) electrons. The van der Waals surface area contributed by atoms with Gasteiger partial charge in [-0.2, -0.15) is 0 Å². The Kier molecular flexibility index (Phi) is 6.12. The Labute approximate surface area is 201 Å². The van der Waals surface area contributed by atoms with Crippen molar-refractivity contribution in [3.8, 4) is 5.75 Å². The lowest BCUT2D eigenvalue weighted by atomic mass is 9.58. The van der Waals surface area contributed by atoms with Gasteiger partial charge in [0.15, 0.2) is 11.4 Å². The van der Waals surface area contributed by atoms with Gasteiger partial charge in [0.2, 0.25) is 5.78 Å². The highest BCUT2D eigenvalue weighted by Gasteiger charge is 2.62. The molecule has 0 unspecified atom stereocenters. The van der Waals surface area contributed by atoms with E-state index in [0.717, 1.165) is 5.69 Å². The maximum absolute atomic E-state index is 13.7. The average Bonchev–Trinajstić information content (AvgIpc) is 2.80. The van der Waals surface area contributed by atoms with Crippen LogP contribution in [0.4, 0.5) is 5.69 Å². The number of anilines is 1. The fourth-order valence-corrected chi connectivity index (χ4v) is 5.69. The molecular weight excluding hydrogens is 458 g/mol. The van der Waals surface area contributed by atoms with Crippen molar-refractivity contribution >= 4 is 23.2 Å². The van der Waals surface area contributed by atoms with Crippen LogP contribution in [0.3, 0.4) is 0 Å². The van der Waals surface area contributed by atoms with Crippen molar-refractivity contribution in [3.05, 3.63) is 45.9 Å². The lowest BCUT2D eigenvalue weighted by Crippen LogP contribution is -2.64. The number of amides is 1. The first-order valence-electron chi connectivity index (χ1n) is 11.2. The number of nitrogens with two attached hydrogens (primary N) is 1. The number of hydrogen-bond acceptors (Lipinski definition) is 10. The number of rotatable bonds is 6. The second-order valence-corrected chi connectivity index (χ2v) is 9.24. The number of ether oxygens (including phenoxy) is 1. The normalized spacial score (nSPS) is 27.9. The van der Waals surface area contributed by atoms with Crippen LogP contribution in [0, 0.1) is 11.8 Å². The van der Waals surface area contributed by atoms with Crippen LogP contribution < -0.4 is 20.7 Å². The zero-order valence-corrected chi connectivity index (χ0v) is 19.7. The standard InChI is InChI=1S/C24H29N3O8/c1-27(2)13-4-5-14(35-3)16-11(13)8-10-9-12-18(26-6-7-28)20(30)17(23(25)33)22(32)24(12,34)21(31)15(10)19(16)29/h4-5,10,12,18,26,28,30-31,34H,6-9H2,1-3H3,(H2,25,33)/t10-,12-,18+,24-/m0/s1. The number of allylic oxidation sites excluding steroid dienone is 1. The van der Waals surface area contributed by atoms with Crippen LogP contribution in [0.25, 0.3) is 0 Å². The van der Waals surface area contributed by atoms with Crippen LogP contribution in [0.5, 0.6) is 5.75 Å². The SMILES string of the molecule is COc1ccc(N(C)C)c2c1C(=O)C1=C(O)[C@]3(O)C(=O)C(C(N)=O)=C(O)[C@H](NCCO)[C@@H]3C[C@@H]1C2. The minimum atomic E-state index is -2.67. The average molecular weight is 488 g/mol. The summed E-state index contributed by atoms with van der Waals surface area (Å²) in [5, 5.41) is 45.8. The molecule has 1 amide bonds. The van der Waals surface area contributed by atoms with E-state index in [1.54, 1.807) is 6.07 Å². The number of benzene rings is 1. The summed E-state index contributed by atoms with van der Waals surface area (Å²) in [5.41, 5.74) is 3.36. The van der Waals surface area contributed by atoms with Gasteiger partial charge in [0.25, 0.3) is 5.91 Å². The molecule has 11 nitrogen and oxygen atoms in total. The molecule has 1 aromatic carbocycles. The molecule has 0 aromatic heterocycles. The van der Waals surface area contributed by atoms with E-state index >= 15 is 0 Å². The van der Waals surface area contributed by atoms with Crippen LogP contribution in [0.15, 0.2) is 34.8 Å². The highest BCUT2D eigenvalue weighted by molar-refractivity contribution is 6.24. The second-order valence-electron chi connectivity index (χ2n) is 9.24. The van der Waals surface area contributed by atoms with Crippen molar-refractivity contribution in [2.75, 3.05) is 39.3 Å². The monoisotopic (exact) mass is 487 g/mol. The first kappa shape index (κ1) is 24.7. The molecule has 0 bridgehead atoms. The van der Waals surface area contributed by atoms with Gasteiger partial charge in [0, 0.05) is 37.8 Å². The van der Waals surface area contributed by atoms with Crippen molar-refractivity contribution in [1.29, 1.82) is 0 Å². The van der Waals surface area contributed by atoms with E-state index in [2.05, 4.69) is 5.32 Å². The number of nitrogens with one attached hydrogen (secondary N) is 1. The Morgan fingerprint density at radius 2 is 1.97 bits per heavy atom. The van der Waals surface area contributed by atoms with E-state index in [9.17, 15) is 34.8 Å². The van der Waals surface area contributed by atoms with E-state index in [4.69, 9.17) is 10.5 Å². The molecule has 0 fully saturated rings. The fourth-order valence-electron chi connectivity index (χ4n) is 5.69. The number of nitrogens with zero attached hydrogens (tertiary/aromatic N) is 1. The number of Topliss-reactive ketones (excluding diaryl/α,β-unsaturated/α-hetero) is 2. The quantitative estimate of drug-likeness (QED) is 0.286. The van der Waals surface area contributed by atoms with Crippen molar-refractivity contribution in [2.45, 2.75) is 24.5 Å². The van der Waals surface area contributed by atoms with Gasteiger partial charge in [0.05, 0.1) is 25.3 Å². The summed E-state index contributed by atoms with van der Waals surface area (Å²) in [6, 6.07) is 2.28. The third kappa shape index (κ3) is 3.41. The lowest BCUT2D eigenvalue weighted by Gasteiger charge is -2.49. The number of carbonyl (C=O) groups excluding carboxylic acids is 3. The predicted molar refractivity (Wildman–Crippen MR) is 124 cm³/mol. The topological polar surface area (TPSA) is 183 Å². The second kappa shape index (κ2) is 8.67. The summed E-state index contributed by atoms with van der Waals surface area (Å²) in [5.74, 6) is -6.12. The Morgan fingerprint density at radius 1 is 1.29 bits per heavy atom. The maximum Gasteiger partial charge on any atom is 0.255 e. The molecular formula is C24H29N3O8. The molecule has 188 valence electrons. The van der Waals surface area contributed by atoms with Crippen LogP contribution in [0.1, 0.15) is 22.3 Å². The van der Waals surface area contributed by atoms with Gasteiger partial charge in [-0.05, 0) is 36.5 Å². The van der Waals surface area contributed by atoms with Crippen molar-refractivity contribution in [3.63, 3.8) is 0 Å². The third-order valence-electron chi connectivity index (χ3n) is 7.22. The van der Waals surface area contributed by atoms with Gasteiger partial charge in [-0.3, -0.25) is 14.4 Å². The Balaban J connectivity index is 1.95. The van der Waals surface area contributed by atoms with E-state index in [0.29, 0.717) is 12.0 Å². The number of fused-ring (bicyclic) bond motifs is 3. The highest BCUT2D eigenvalue weighted by atomic mass is 16.5. The molecule has 11 heteroatoms. The summed E-state index contributed by atoms with van der Waals surface area (Å²) in [6.07, 6.45) is 0.321. The molecule has 1 aromatic rings. The summed E-state index contributed by atoms with van der Waals surface area (Å²) in [4.78, 5) is 40.9. The zero-order valence-electron chi connectivity index (χ0n) is 19.7. The number of ketones is 2. The summed E-state index contributed by atoms with van der Waals surface area (Å²) in [7, 11) is 5.08. The van der Waals surface area contributed by atoms with Crippen LogP contribution in [0.2, 0.25) is 0 Å². The van der Waals surface area contributed by atoms with Crippen molar-refractivity contribution in [1.82, 2.24) is 5.32 Å². The number of carbonyl (C=O) groups is 3. The molecule has 0 saturated heterocycles. The molecule has 7 N–H and O–H groups in total. The number of methoxy groups -OCH3 is 1. The number of aliphatic hydroxyl groups is 4. The summed E-state index contributed by atoms with van der Waals surface area (Å²) in [6.45, 7) is -0.365. The zero-order chi connectivity index (χ0) is 25.8. The molecule has 3 aliphatic rings. The van der Waals surface area contributed by atoms with Crippen LogP contribution >= 0.6 is 0 Å². The fraction of sp³-hybridized carbons (Fsp3) is 0.458. The number of primary amides is 1. The van der Waals surface area contributed by atoms with Crippen LogP contribution in [-0.2, 0) is 16.0 Å². The van der Waals surface area contributed by atoms with E-state index in [1.165, 1.54) is 7.11 Å². The van der Waals surface area contributed by atoms with E-state index in [-0.39, 0.29) is 36.5 Å². The molecule has 0 saturated carbocycles.